The molecule has 3 heterocycles. The van der Waals surface area contributed by atoms with Gasteiger partial charge in [-0.05, 0) is 46.3 Å². The fraction of sp³-hybridized carbons (Fsp3) is 0. The van der Waals surface area contributed by atoms with Gasteiger partial charge in [0.2, 0.25) is 5.78 Å². The van der Waals surface area contributed by atoms with Crippen LogP contribution >= 0.6 is 27.3 Å². The van der Waals surface area contributed by atoms with E-state index in [1.54, 1.807) is 36.5 Å². The van der Waals surface area contributed by atoms with Crippen LogP contribution in [0.15, 0.2) is 69.1 Å². The Balaban J connectivity index is 1.67. The summed E-state index contributed by atoms with van der Waals surface area (Å²) in [6.07, 6.45) is 5.39. The van der Waals surface area contributed by atoms with Crippen molar-refractivity contribution in [1.29, 1.82) is 0 Å². The van der Waals surface area contributed by atoms with Crippen molar-refractivity contribution in [3.63, 3.8) is 0 Å². The number of rotatable bonds is 4. The fourth-order valence-electron chi connectivity index (χ4n) is 2.36. The zero-order valence-corrected chi connectivity index (χ0v) is 15.8. The van der Waals surface area contributed by atoms with E-state index in [-0.39, 0.29) is 4.21 Å². The van der Waals surface area contributed by atoms with Gasteiger partial charge in [0.25, 0.3) is 10.0 Å². The highest BCUT2D eigenvalue weighted by Gasteiger charge is 2.17. The van der Waals surface area contributed by atoms with Crippen LogP contribution < -0.4 is 4.72 Å². The summed E-state index contributed by atoms with van der Waals surface area (Å²) in [7, 11) is -3.62. The molecule has 0 aliphatic rings. The molecule has 126 valence electrons. The summed E-state index contributed by atoms with van der Waals surface area (Å²) in [6.45, 7) is 0. The number of imidazole rings is 1. The van der Waals surface area contributed by atoms with Gasteiger partial charge in [-0.2, -0.15) is 0 Å². The number of hydrogen-bond acceptors (Lipinski definition) is 5. The lowest BCUT2D eigenvalue weighted by molar-refractivity contribution is 0.603. The Bertz CT molecular complexity index is 1130. The highest BCUT2D eigenvalue weighted by molar-refractivity contribution is 9.11. The molecule has 9 heteroatoms. The molecule has 4 rings (SSSR count). The summed E-state index contributed by atoms with van der Waals surface area (Å²) in [5, 5.41) is 0. The predicted molar refractivity (Wildman–Crippen MR) is 101 cm³/mol. The lowest BCUT2D eigenvalue weighted by atomic mass is 10.1. The number of nitrogens with zero attached hydrogens (tertiary/aromatic N) is 3. The fourth-order valence-corrected chi connectivity index (χ4v) is 5.42. The van der Waals surface area contributed by atoms with Gasteiger partial charge in [-0.15, -0.1) is 11.3 Å². The van der Waals surface area contributed by atoms with Gasteiger partial charge in [0, 0.05) is 29.8 Å². The zero-order valence-electron chi connectivity index (χ0n) is 12.6. The Labute approximate surface area is 156 Å². The van der Waals surface area contributed by atoms with E-state index in [2.05, 4.69) is 30.6 Å². The van der Waals surface area contributed by atoms with Gasteiger partial charge in [0.15, 0.2) is 0 Å². The zero-order chi connectivity index (χ0) is 17.4. The van der Waals surface area contributed by atoms with Gasteiger partial charge < -0.3 is 0 Å². The normalized spacial score (nSPS) is 11.7. The highest BCUT2D eigenvalue weighted by Crippen LogP contribution is 2.29. The molecule has 4 aromatic rings. The molecule has 0 aliphatic carbocycles. The molecule has 3 aromatic heterocycles. The average molecular weight is 435 g/mol. The minimum Gasteiger partial charge on any atom is -0.291 e. The first-order chi connectivity index (χ1) is 12.0. The summed E-state index contributed by atoms with van der Waals surface area (Å²) in [6, 6.07) is 12.2. The maximum absolute atomic E-state index is 12.5. The van der Waals surface area contributed by atoms with Gasteiger partial charge in [-0.25, -0.2) is 18.4 Å². The van der Waals surface area contributed by atoms with Crippen molar-refractivity contribution < 1.29 is 8.42 Å². The lowest BCUT2D eigenvalue weighted by Gasteiger charge is -2.07. The Hall–Kier alpha value is -2.23. The number of nitrogens with one attached hydrogen (secondary N) is 1. The number of benzene rings is 1. The number of hydrogen-bond donors (Lipinski definition) is 1. The number of sulfonamides is 1. The third kappa shape index (κ3) is 3.30. The van der Waals surface area contributed by atoms with Crippen LogP contribution in [0.25, 0.3) is 17.0 Å². The third-order valence-electron chi connectivity index (χ3n) is 3.46. The molecule has 0 atom stereocenters. The third-order valence-corrected chi connectivity index (χ3v) is 6.96. The molecule has 0 saturated heterocycles. The maximum Gasteiger partial charge on any atom is 0.271 e. The first-order valence-corrected chi connectivity index (χ1v) is 10.3. The van der Waals surface area contributed by atoms with Crippen molar-refractivity contribution in [2.24, 2.45) is 0 Å². The van der Waals surface area contributed by atoms with Gasteiger partial charge >= 0.3 is 0 Å². The average Bonchev–Trinajstić information content (AvgIpc) is 3.21. The summed E-state index contributed by atoms with van der Waals surface area (Å²) < 4.78 is 30.3. The van der Waals surface area contributed by atoms with Crippen molar-refractivity contribution in [2.45, 2.75) is 4.21 Å². The van der Waals surface area contributed by atoms with Crippen molar-refractivity contribution >= 4 is 48.8 Å². The van der Waals surface area contributed by atoms with Gasteiger partial charge in [-0.1, -0.05) is 12.1 Å². The molecule has 0 unspecified atom stereocenters. The van der Waals surface area contributed by atoms with E-state index in [1.807, 2.05) is 28.9 Å². The number of anilines is 1. The Kier molecular flexibility index (Phi) is 4.06. The summed E-state index contributed by atoms with van der Waals surface area (Å²) >= 11 is 4.44. The van der Waals surface area contributed by atoms with Crippen molar-refractivity contribution in [3.8, 4) is 11.3 Å². The van der Waals surface area contributed by atoms with Crippen molar-refractivity contribution in [1.82, 2.24) is 14.4 Å². The van der Waals surface area contributed by atoms with Crippen LogP contribution in [-0.4, -0.2) is 22.8 Å². The largest absolute Gasteiger partial charge is 0.291 e. The lowest BCUT2D eigenvalue weighted by Crippen LogP contribution is -2.11. The van der Waals surface area contributed by atoms with Gasteiger partial charge in [0.1, 0.15) is 4.21 Å². The molecule has 0 radical (unpaired) electrons. The molecule has 1 N–H and O–H groups in total. The van der Waals surface area contributed by atoms with Crippen molar-refractivity contribution in [3.05, 3.63) is 64.8 Å². The SMILES string of the molecule is O=S(=O)(Nc1cccc(-c2cn3cccnc3n2)c1)c1ccc(Br)s1. The molecule has 0 spiro atoms. The molecule has 0 amide bonds. The smallest absolute Gasteiger partial charge is 0.271 e. The minimum absolute atomic E-state index is 0.252. The molecule has 0 aliphatic heterocycles. The molecule has 0 fully saturated rings. The number of fused-ring (bicyclic) bond motifs is 1. The maximum atomic E-state index is 12.5. The topological polar surface area (TPSA) is 76.4 Å². The van der Waals surface area contributed by atoms with Crippen LogP contribution in [0, 0.1) is 0 Å². The monoisotopic (exact) mass is 434 g/mol. The molecule has 1 aromatic carbocycles. The number of thiophene rings is 1. The first-order valence-electron chi connectivity index (χ1n) is 7.20. The predicted octanol–water partition coefficient (Wildman–Crippen LogP) is 4.02. The molecule has 6 nitrogen and oxygen atoms in total. The van der Waals surface area contributed by atoms with E-state index in [4.69, 9.17) is 0 Å². The first kappa shape index (κ1) is 16.2. The van der Waals surface area contributed by atoms with Crippen LogP contribution in [-0.2, 0) is 10.0 Å². The number of halogens is 1. The van der Waals surface area contributed by atoms with Crippen LogP contribution in [0.4, 0.5) is 5.69 Å². The van der Waals surface area contributed by atoms with Gasteiger partial charge in [-0.3, -0.25) is 9.12 Å². The van der Waals surface area contributed by atoms with E-state index in [1.165, 1.54) is 0 Å². The molecule has 25 heavy (non-hydrogen) atoms. The van der Waals surface area contributed by atoms with E-state index >= 15 is 0 Å². The molecule has 0 saturated carbocycles. The second-order valence-electron chi connectivity index (χ2n) is 5.20. The summed E-state index contributed by atoms with van der Waals surface area (Å²) in [4.78, 5) is 8.64. The second kappa shape index (κ2) is 6.25. The highest BCUT2D eigenvalue weighted by atomic mass is 79.9. The summed E-state index contributed by atoms with van der Waals surface area (Å²) in [5.41, 5.74) is 2.00. The standard InChI is InChI=1S/C16H11BrN4O2S2/c17-14-5-6-15(24-14)25(22,23)20-12-4-1-3-11(9-12)13-10-21-8-2-7-18-16(21)19-13/h1-10,20H. The minimum atomic E-state index is -3.62. The van der Waals surface area contributed by atoms with E-state index < -0.39 is 10.0 Å². The molecular weight excluding hydrogens is 424 g/mol. The van der Waals surface area contributed by atoms with Gasteiger partial charge in [0.05, 0.1) is 9.48 Å². The summed E-state index contributed by atoms with van der Waals surface area (Å²) in [5.74, 6) is 0.590. The quantitative estimate of drug-likeness (QED) is 0.526. The molecular formula is C16H11BrN4O2S2. The van der Waals surface area contributed by atoms with E-state index in [0.717, 1.165) is 26.4 Å². The Morgan fingerprint density at radius 3 is 2.80 bits per heavy atom. The number of aromatic nitrogens is 3. The van der Waals surface area contributed by atoms with Crippen LogP contribution in [0.3, 0.4) is 0 Å². The van der Waals surface area contributed by atoms with Crippen molar-refractivity contribution in [2.75, 3.05) is 4.72 Å². The second-order valence-corrected chi connectivity index (χ2v) is 9.57. The van der Waals surface area contributed by atoms with E-state index in [9.17, 15) is 8.42 Å². The Morgan fingerprint density at radius 2 is 2.04 bits per heavy atom. The van der Waals surface area contributed by atoms with Crippen LogP contribution in [0.1, 0.15) is 0 Å². The van der Waals surface area contributed by atoms with Crippen LogP contribution in [0.5, 0.6) is 0 Å². The van der Waals surface area contributed by atoms with E-state index in [0.29, 0.717) is 11.5 Å². The molecule has 0 bridgehead atoms. The van der Waals surface area contributed by atoms with Crippen LogP contribution in [0.2, 0.25) is 0 Å². The Morgan fingerprint density at radius 1 is 1.16 bits per heavy atom.